The molecule has 1 aromatic heterocycles. The van der Waals surface area contributed by atoms with Crippen molar-refractivity contribution in [1.29, 1.82) is 0 Å². The Bertz CT molecular complexity index is 667. The van der Waals surface area contributed by atoms with Gasteiger partial charge in [0.05, 0.1) is 12.5 Å². The molecule has 124 valence electrons. The Labute approximate surface area is 136 Å². The van der Waals surface area contributed by atoms with Crippen LogP contribution in [0.15, 0.2) is 30.5 Å². The van der Waals surface area contributed by atoms with E-state index in [1.807, 2.05) is 13.0 Å². The third-order valence-corrected chi connectivity index (χ3v) is 4.71. The topological polar surface area (TPSA) is 71.3 Å². The van der Waals surface area contributed by atoms with Crippen LogP contribution in [0.2, 0.25) is 0 Å². The molecule has 5 nitrogen and oxygen atoms in total. The molecule has 1 saturated heterocycles. The van der Waals surface area contributed by atoms with E-state index in [2.05, 4.69) is 34.3 Å². The molecule has 23 heavy (non-hydrogen) atoms. The number of rotatable bonds is 5. The van der Waals surface area contributed by atoms with E-state index in [1.165, 1.54) is 16.5 Å². The van der Waals surface area contributed by atoms with Crippen molar-refractivity contribution in [3.8, 4) is 0 Å². The fraction of sp³-hybridized carbons (Fsp3) is 0.500. The number of hydrogen-bond donors (Lipinski definition) is 2. The van der Waals surface area contributed by atoms with Gasteiger partial charge >= 0.3 is 5.97 Å². The Balaban J connectivity index is 1.61. The first kappa shape index (κ1) is 16.0. The summed E-state index contributed by atoms with van der Waals surface area (Å²) in [6.45, 7) is 4.82. The number of aromatic nitrogens is 1. The van der Waals surface area contributed by atoms with E-state index >= 15 is 0 Å². The number of likely N-dealkylation sites (tertiary alicyclic amines) is 1. The van der Waals surface area contributed by atoms with E-state index in [0.29, 0.717) is 13.2 Å². The number of aromatic amines is 1. The normalized spacial score (nSPS) is 22.3. The number of nitrogens with one attached hydrogen (secondary N) is 1. The Hall–Kier alpha value is -1.85. The van der Waals surface area contributed by atoms with E-state index in [0.717, 1.165) is 25.9 Å². The summed E-state index contributed by atoms with van der Waals surface area (Å²) in [6.07, 6.45) is 3.90. The summed E-state index contributed by atoms with van der Waals surface area (Å²) in [4.78, 5) is 17.7. The molecule has 1 fully saturated rings. The number of carbonyl (C=O) groups is 1. The van der Waals surface area contributed by atoms with Gasteiger partial charge in [-0.2, -0.15) is 0 Å². The molecule has 2 aromatic rings. The third-order valence-electron chi connectivity index (χ3n) is 4.71. The lowest BCUT2D eigenvalue weighted by molar-refractivity contribution is -0.150. The number of hydrogen-bond acceptors (Lipinski definition) is 4. The first-order valence-corrected chi connectivity index (χ1v) is 8.38. The molecule has 2 atom stereocenters. The van der Waals surface area contributed by atoms with E-state index in [9.17, 15) is 4.79 Å². The van der Waals surface area contributed by atoms with Gasteiger partial charge in [0.2, 0.25) is 0 Å². The van der Waals surface area contributed by atoms with Gasteiger partial charge in [-0.1, -0.05) is 18.2 Å². The molecule has 5 heteroatoms. The number of nitrogens with zero attached hydrogens (tertiary/aromatic N) is 1. The van der Waals surface area contributed by atoms with Gasteiger partial charge in [-0.25, -0.2) is 0 Å². The Morgan fingerprint density at radius 3 is 3.09 bits per heavy atom. The predicted molar refractivity (Wildman–Crippen MR) is 91.2 cm³/mol. The van der Waals surface area contributed by atoms with Crippen LogP contribution in [0.1, 0.15) is 18.9 Å². The summed E-state index contributed by atoms with van der Waals surface area (Å²) in [5.41, 5.74) is 8.60. The maximum absolute atomic E-state index is 12.0. The van der Waals surface area contributed by atoms with Crippen LogP contribution in [0.4, 0.5) is 0 Å². The Kier molecular flexibility index (Phi) is 4.98. The van der Waals surface area contributed by atoms with Crippen molar-refractivity contribution in [2.75, 3.05) is 26.2 Å². The second-order valence-electron chi connectivity index (χ2n) is 6.22. The fourth-order valence-electron chi connectivity index (χ4n) is 3.36. The molecule has 3 N–H and O–H groups in total. The van der Waals surface area contributed by atoms with Crippen LogP contribution >= 0.6 is 0 Å². The van der Waals surface area contributed by atoms with Crippen LogP contribution in [-0.4, -0.2) is 48.1 Å². The van der Waals surface area contributed by atoms with Crippen molar-refractivity contribution >= 4 is 16.9 Å². The fourth-order valence-corrected chi connectivity index (χ4v) is 3.36. The molecule has 2 heterocycles. The maximum atomic E-state index is 12.0. The van der Waals surface area contributed by atoms with E-state index in [-0.39, 0.29) is 17.9 Å². The molecule has 1 aliphatic rings. The minimum absolute atomic E-state index is 0.0848. The summed E-state index contributed by atoms with van der Waals surface area (Å²) in [6, 6.07) is 8.26. The van der Waals surface area contributed by atoms with Gasteiger partial charge in [-0.05, 0) is 37.9 Å². The number of fused-ring (bicyclic) bond motifs is 1. The zero-order valence-electron chi connectivity index (χ0n) is 13.6. The predicted octanol–water partition coefficient (Wildman–Crippen LogP) is 1.92. The Morgan fingerprint density at radius 1 is 1.43 bits per heavy atom. The number of benzene rings is 1. The van der Waals surface area contributed by atoms with Gasteiger partial charge in [0.1, 0.15) is 0 Å². The average molecular weight is 315 g/mol. The van der Waals surface area contributed by atoms with Gasteiger partial charge < -0.3 is 20.4 Å². The smallest absolute Gasteiger partial charge is 0.311 e. The minimum atomic E-state index is -0.202. The lowest BCUT2D eigenvalue weighted by Gasteiger charge is -2.35. The van der Waals surface area contributed by atoms with Crippen LogP contribution in [0.5, 0.6) is 0 Å². The third kappa shape index (κ3) is 3.57. The molecule has 0 unspecified atom stereocenters. The average Bonchev–Trinajstić information content (AvgIpc) is 2.97. The summed E-state index contributed by atoms with van der Waals surface area (Å²) in [5, 5.41) is 1.28. The van der Waals surface area contributed by atoms with Gasteiger partial charge in [-0.15, -0.1) is 0 Å². The molecule has 1 aliphatic heterocycles. The summed E-state index contributed by atoms with van der Waals surface area (Å²) in [7, 11) is 0. The van der Waals surface area contributed by atoms with Crippen molar-refractivity contribution < 1.29 is 9.53 Å². The number of H-pyrrole nitrogens is 1. The number of nitrogens with two attached hydrogens (primary N) is 1. The highest BCUT2D eigenvalue weighted by atomic mass is 16.5. The maximum Gasteiger partial charge on any atom is 0.311 e. The van der Waals surface area contributed by atoms with Crippen LogP contribution in [0, 0.1) is 5.92 Å². The van der Waals surface area contributed by atoms with Crippen LogP contribution in [0.3, 0.4) is 0 Å². The largest absolute Gasteiger partial charge is 0.466 e. The summed E-state index contributed by atoms with van der Waals surface area (Å²) >= 11 is 0. The highest BCUT2D eigenvalue weighted by Crippen LogP contribution is 2.21. The second-order valence-corrected chi connectivity index (χ2v) is 6.22. The molecule has 1 aromatic carbocycles. The van der Waals surface area contributed by atoms with Crippen molar-refractivity contribution in [3.05, 3.63) is 36.0 Å². The Morgan fingerprint density at radius 2 is 2.26 bits per heavy atom. The van der Waals surface area contributed by atoms with Gasteiger partial charge in [-0.3, -0.25) is 4.79 Å². The first-order chi connectivity index (χ1) is 11.2. The van der Waals surface area contributed by atoms with Crippen molar-refractivity contribution in [3.63, 3.8) is 0 Å². The van der Waals surface area contributed by atoms with E-state index in [4.69, 9.17) is 10.5 Å². The van der Waals surface area contributed by atoms with Gasteiger partial charge in [0.15, 0.2) is 0 Å². The molecule has 0 amide bonds. The van der Waals surface area contributed by atoms with Crippen molar-refractivity contribution in [2.45, 2.75) is 25.8 Å². The second kappa shape index (κ2) is 7.15. The number of para-hydroxylation sites is 1. The molecular formula is C18H25N3O2. The molecule has 0 saturated carbocycles. The van der Waals surface area contributed by atoms with Crippen molar-refractivity contribution in [2.24, 2.45) is 11.7 Å². The van der Waals surface area contributed by atoms with Crippen LogP contribution in [0.25, 0.3) is 10.9 Å². The lowest BCUT2D eigenvalue weighted by Crippen LogP contribution is -2.51. The highest BCUT2D eigenvalue weighted by molar-refractivity contribution is 5.83. The number of carbonyl (C=O) groups excluding carboxylic acids is 1. The standard InChI is InChI=1S/C18H25N3O2/c1-2-23-18(22)15-12-21(10-8-16(15)19)9-7-13-11-20-17-6-4-3-5-14(13)17/h3-6,11,15-16,20H,2,7-10,12,19H2,1H3/t15-,16+/m1/s1. The van der Waals surface area contributed by atoms with E-state index in [1.54, 1.807) is 0 Å². The zero-order valence-corrected chi connectivity index (χ0v) is 13.6. The number of esters is 1. The molecular weight excluding hydrogens is 290 g/mol. The first-order valence-electron chi connectivity index (χ1n) is 8.38. The summed E-state index contributed by atoms with van der Waals surface area (Å²) in [5.74, 6) is -0.358. The molecule has 0 bridgehead atoms. The quantitative estimate of drug-likeness (QED) is 0.827. The molecule has 0 aliphatic carbocycles. The zero-order chi connectivity index (χ0) is 16.2. The molecule has 0 radical (unpaired) electrons. The minimum Gasteiger partial charge on any atom is -0.466 e. The molecule has 0 spiro atoms. The number of piperidine rings is 1. The van der Waals surface area contributed by atoms with Gasteiger partial charge in [0, 0.05) is 36.2 Å². The number of ether oxygens (including phenoxy) is 1. The van der Waals surface area contributed by atoms with Crippen LogP contribution in [-0.2, 0) is 16.0 Å². The highest BCUT2D eigenvalue weighted by Gasteiger charge is 2.32. The monoisotopic (exact) mass is 315 g/mol. The van der Waals surface area contributed by atoms with Gasteiger partial charge in [0.25, 0.3) is 0 Å². The SMILES string of the molecule is CCOC(=O)[C@@H]1CN(CCc2c[nH]c3ccccc23)CC[C@@H]1N. The summed E-state index contributed by atoms with van der Waals surface area (Å²) < 4.78 is 5.16. The van der Waals surface area contributed by atoms with E-state index < -0.39 is 0 Å². The lowest BCUT2D eigenvalue weighted by atomic mass is 9.92. The van der Waals surface area contributed by atoms with Crippen molar-refractivity contribution in [1.82, 2.24) is 9.88 Å². The molecule has 3 rings (SSSR count). The van der Waals surface area contributed by atoms with Crippen LogP contribution < -0.4 is 5.73 Å².